The van der Waals surface area contributed by atoms with Crippen LogP contribution in [0, 0.1) is 11.8 Å². The molecule has 2 atom stereocenters. The van der Waals surface area contributed by atoms with Crippen molar-refractivity contribution < 1.29 is 4.52 Å². The van der Waals surface area contributed by atoms with E-state index >= 15 is 0 Å². The Balaban J connectivity index is 1.50. The molecule has 1 aliphatic carbocycles. The van der Waals surface area contributed by atoms with Crippen molar-refractivity contribution in [3.05, 3.63) is 17.5 Å². The van der Waals surface area contributed by atoms with E-state index in [0.717, 1.165) is 42.4 Å². The van der Waals surface area contributed by atoms with Gasteiger partial charge in [0.15, 0.2) is 5.76 Å². The number of aromatic nitrogens is 1. The van der Waals surface area contributed by atoms with E-state index in [1.807, 2.05) is 0 Å². The normalized spacial score (nSPS) is 29.0. The predicted molar refractivity (Wildman–Crippen MR) is 70.0 cm³/mol. The molecule has 100 valence electrons. The van der Waals surface area contributed by atoms with E-state index in [-0.39, 0.29) is 0 Å². The van der Waals surface area contributed by atoms with Crippen molar-refractivity contribution in [1.29, 1.82) is 0 Å². The molecule has 0 bridgehead atoms. The summed E-state index contributed by atoms with van der Waals surface area (Å²) in [7, 11) is 0. The lowest BCUT2D eigenvalue weighted by Gasteiger charge is -2.12. The van der Waals surface area contributed by atoms with Crippen LogP contribution in [0.4, 0.5) is 0 Å². The van der Waals surface area contributed by atoms with Gasteiger partial charge < -0.3 is 9.84 Å². The van der Waals surface area contributed by atoms with Gasteiger partial charge in [-0.3, -0.25) is 4.90 Å². The maximum absolute atomic E-state index is 5.42. The molecule has 2 unspecified atom stereocenters. The van der Waals surface area contributed by atoms with Crippen molar-refractivity contribution in [2.24, 2.45) is 11.8 Å². The second-order valence-corrected chi connectivity index (χ2v) is 6.09. The zero-order valence-corrected chi connectivity index (χ0v) is 11.4. The highest BCUT2D eigenvalue weighted by molar-refractivity contribution is 5.06. The molecule has 2 heterocycles. The van der Waals surface area contributed by atoms with Crippen molar-refractivity contribution in [2.75, 3.05) is 13.1 Å². The first-order chi connectivity index (χ1) is 8.70. The fourth-order valence-corrected chi connectivity index (χ4v) is 2.65. The molecule has 4 nitrogen and oxygen atoms in total. The van der Waals surface area contributed by atoms with Crippen molar-refractivity contribution >= 4 is 0 Å². The predicted octanol–water partition coefficient (Wildman–Crippen LogP) is 2.01. The molecule has 18 heavy (non-hydrogen) atoms. The monoisotopic (exact) mass is 249 g/mol. The van der Waals surface area contributed by atoms with Gasteiger partial charge in [-0.2, -0.15) is 0 Å². The zero-order valence-electron chi connectivity index (χ0n) is 11.4. The first-order valence-electron chi connectivity index (χ1n) is 7.11. The Labute approximate surface area is 109 Å². The topological polar surface area (TPSA) is 41.3 Å². The highest BCUT2D eigenvalue weighted by atomic mass is 16.5. The number of nitrogens with zero attached hydrogens (tertiary/aromatic N) is 2. The average Bonchev–Trinajstić information content (AvgIpc) is 2.98. The van der Waals surface area contributed by atoms with Gasteiger partial charge in [0.25, 0.3) is 0 Å². The largest absolute Gasteiger partial charge is 0.360 e. The van der Waals surface area contributed by atoms with Crippen LogP contribution in [0.5, 0.6) is 0 Å². The summed E-state index contributed by atoms with van der Waals surface area (Å²) in [4.78, 5) is 2.47. The number of hydrogen-bond acceptors (Lipinski definition) is 4. The summed E-state index contributed by atoms with van der Waals surface area (Å²) in [5.74, 6) is 2.59. The van der Waals surface area contributed by atoms with Crippen LogP contribution in [0.1, 0.15) is 38.1 Å². The molecule has 0 aromatic carbocycles. The van der Waals surface area contributed by atoms with Gasteiger partial charge in [-0.15, -0.1) is 0 Å². The third-order valence-electron chi connectivity index (χ3n) is 4.20. The molecule has 0 radical (unpaired) electrons. The minimum Gasteiger partial charge on any atom is -0.360 e. The Morgan fingerprint density at radius 1 is 1.33 bits per heavy atom. The fraction of sp³-hybridized carbons (Fsp3) is 0.786. The lowest BCUT2D eigenvalue weighted by Crippen LogP contribution is -2.19. The first-order valence-corrected chi connectivity index (χ1v) is 7.11. The van der Waals surface area contributed by atoms with Crippen LogP contribution in [0.25, 0.3) is 0 Å². The standard InChI is InChI=1S/C14H23N3O/c1-10-7-17(8-11(10)2)9-14-5-13(16-18-14)6-15-12-3-4-12/h5,10-12,15H,3-4,6-9H2,1-2H3. The summed E-state index contributed by atoms with van der Waals surface area (Å²) < 4.78 is 5.42. The highest BCUT2D eigenvalue weighted by Gasteiger charge is 2.26. The molecular weight excluding hydrogens is 226 g/mol. The maximum Gasteiger partial charge on any atom is 0.151 e. The lowest BCUT2D eigenvalue weighted by molar-refractivity contribution is 0.264. The summed E-state index contributed by atoms with van der Waals surface area (Å²) in [6.45, 7) is 8.77. The second kappa shape index (κ2) is 5.02. The number of likely N-dealkylation sites (tertiary alicyclic amines) is 1. The zero-order chi connectivity index (χ0) is 12.5. The summed E-state index contributed by atoms with van der Waals surface area (Å²) >= 11 is 0. The molecule has 3 rings (SSSR count). The van der Waals surface area contributed by atoms with Crippen LogP contribution in [0.3, 0.4) is 0 Å². The lowest BCUT2D eigenvalue weighted by atomic mass is 10.0. The number of hydrogen-bond donors (Lipinski definition) is 1. The van der Waals surface area contributed by atoms with E-state index < -0.39 is 0 Å². The Bertz CT molecular complexity index is 389. The summed E-state index contributed by atoms with van der Waals surface area (Å²) in [6, 6.07) is 2.83. The van der Waals surface area contributed by atoms with E-state index in [2.05, 4.69) is 35.3 Å². The molecule has 1 N–H and O–H groups in total. The Hall–Kier alpha value is -0.870. The van der Waals surface area contributed by atoms with Gasteiger partial charge in [0.1, 0.15) is 0 Å². The SMILES string of the molecule is CC1CN(Cc2cc(CNC3CC3)no2)CC1C. The van der Waals surface area contributed by atoms with Gasteiger partial charge in [-0.1, -0.05) is 19.0 Å². The van der Waals surface area contributed by atoms with E-state index in [0.29, 0.717) is 0 Å². The van der Waals surface area contributed by atoms with Gasteiger partial charge >= 0.3 is 0 Å². The van der Waals surface area contributed by atoms with Crippen LogP contribution in [0.2, 0.25) is 0 Å². The van der Waals surface area contributed by atoms with E-state index in [4.69, 9.17) is 4.52 Å². The van der Waals surface area contributed by atoms with Crippen LogP contribution < -0.4 is 5.32 Å². The Morgan fingerprint density at radius 3 is 2.72 bits per heavy atom. The second-order valence-electron chi connectivity index (χ2n) is 6.09. The smallest absolute Gasteiger partial charge is 0.151 e. The molecule has 1 aliphatic heterocycles. The third kappa shape index (κ3) is 2.93. The van der Waals surface area contributed by atoms with Gasteiger partial charge in [0, 0.05) is 31.7 Å². The number of rotatable bonds is 5. The average molecular weight is 249 g/mol. The minimum atomic E-state index is 0.727. The van der Waals surface area contributed by atoms with Crippen molar-refractivity contribution in [1.82, 2.24) is 15.4 Å². The van der Waals surface area contributed by atoms with Gasteiger partial charge in [-0.25, -0.2) is 0 Å². The van der Waals surface area contributed by atoms with Crippen molar-refractivity contribution in [3.63, 3.8) is 0 Å². The Kier molecular flexibility index (Phi) is 3.39. The number of nitrogens with one attached hydrogen (secondary N) is 1. The van der Waals surface area contributed by atoms with E-state index in [1.165, 1.54) is 25.9 Å². The van der Waals surface area contributed by atoms with Crippen LogP contribution in [-0.4, -0.2) is 29.2 Å². The Morgan fingerprint density at radius 2 is 2.06 bits per heavy atom. The van der Waals surface area contributed by atoms with Gasteiger partial charge in [0.2, 0.25) is 0 Å². The summed E-state index contributed by atoms with van der Waals surface area (Å²) in [5.41, 5.74) is 1.04. The van der Waals surface area contributed by atoms with Crippen LogP contribution in [-0.2, 0) is 13.1 Å². The van der Waals surface area contributed by atoms with Crippen LogP contribution >= 0.6 is 0 Å². The molecule has 2 aliphatic rings. The third-order valence-corrected chi connectivity index (χ3v) is 4.20. The van der Waals surface area contributed by atoms with E-state index in [1.54, 1.807) is 0 Å². The molecule has 0 amide bonds. The molecule has 0 spiro atoms. The summed E-state index contributed by atoms with van der Waals surface area (Å²) in [5, 5.41) is 7.59. The van der Waals surface area contributed by atoms with Gasteiger partial charge in [0.05, 0.1) is 12.2 Å². The molecule has 1 aromatic heterocycles. The quantitative estimate of drug-likeness (QED) is 0.867. The molecule has 1 aromatic rings. The highest BCUT2D eigenvalue weighted by Crippen LogP contribution is 2.24. The molecule has 1 saturated heterocycles. The van der Waals surface area contributed by atoms with Crippen LogP contribution in [0.15, 0.2) is 10.6 Å². The molecule has 4 heteroatoms. The van der Waals surface area contributed by atoms with E-state index in [9.17, 15) is 0 Å². The minimum absolute atomic E-state index is 0.727. The van der Waals surface area contributed by atoms with Gasteiger partial charge in [-0.05, 0) is 24.7 Å². The molecular formula is C14H23N3O. The summed E-state index contributed by atoms with van der Waals surface area (Å²) in [6.07, 6.45) is 2.63. The molecule has 2 fully saturated rings. The van der Waals surface area contributed by atoms with Crippen molar-refractivity contribution in [2.45, 2.75) is 45.8 Å². The van der Waals surface area contributed by atoms with Crippen molar-refractivity contribution in [3.8, 4) is 0 Å². The fourth-order valence-electron chi connectivity index (χ4n) is 2.65. The maximum atomic E-state index is 5.42. The first kappa shape index (κ1) is 12.2. The molecule has 1 saturated carbocycles.